The van der Waals surface area contributed by atoms with Crippen LogP contribution in [0.4, 0.5) is 30.6 Å². The molecule has 0 spiro atoms. The molecule has 4 aromatic rings. The maximum atomic E-state index is 14.8. The molecule has 0 saturated carbocycles. The number of hydrogen-bond acceptors (Lipinski definition) is 5. The molecule has 204 valence electrons. The standard InChI is InChI=1S/C30H27F2N5O3/c1-33-27-16-23-26(17-29(27)39-18-19-10-13-37(2)14-11-19)34-12-9-28(23)40-22-7-8-25(24(32)15-22)36-30(38)35-21-5-3-20(31)4-6-21/h3-9,12,15-17,19H,10-11,13-14,18H2,2H3,(H2,35,36,38). The van der Waals surface area contributed by atoms with Gasteiger partial charge in [-0.2, -0.15) is 0 Å². The lowest BCUT2D eigenvalue weighted by atomic mass is 9.98. The predicted molar refractivity (Wildman–Crippen MR) is 149 cm³/mol. The van der Waals surface area contributed by atoms with Gasteiger partial charge in [0.2, 0.25) is 5.69 Å². The molecule has 1 saturated heterocycles. The van der Waals surface area contributed by atoms with Gasteiger partial charge in [0.1, 0.15) is 28.9 Å². The number of ether oxygens (including phenoxy) is 2. The molecule has 40 heavy (non-hydrogen) atoms. The zero-order chi connectivity index (χ0) is 28.1. The fraction of sp³-hybridized carbons (Fsp3) is 0.233. The Kier molecular flexibility index (Phi) is 8.03. The normalized spacial score (nSPS) is 13.9. The average Bonchev–Trinajstić information content (AvgIpc) is 2.95. The van der Waals surface area contributed by atoms with E-state index in [-0.39, 0.29) is 11.4 Å². The number of aromatic nitrogens is 1. The number of piperidine rings is 1. The fourth-order valence-corrected chi connectivity index (χ4v) is 4.47. The third-order valence-electron chi connectivity index (χ3n) is 6.73. The van der Waals surface area contributed by atoms with E-state index in [1.54, 1.807) is 24.4 Å². The molecule has 0 aliphatic carbocycles. The number of rotatable bonds is 7. The number of pyridine rings is 1. The van der Waals surface area contributed by atoms with Crippen LogP contribution in [0, 0.1) is 24.1 Å². The molecule has 2 N–H and O–H groups in total. The van der Waals surface area contributed by atoms with Gasteiger partial charge in [-0.25, -0.2) is 18.4 Å². The van der Waals surface area contributed by atoms with E-state index in [1.165, 1.54) is 36.4 Å². The van der Waals surface area contributed by atoms with E-state index in [2.05, 4.69) is 32.4 Å². The SMILES string of the molecule is [C-]#[N+]c1cc2c(Oc3ccc(NC(=O)Nc4ccc(F)cc4)c(F)c3)ccnc2cc1OCC1CCN(C)CC1. The largest absolute Gasteiger partial charge is 0.504 e. The van der Waals surface area contributed by atoms with E-state index in [4.69, 9.17) is 16.0 Å². The summed E-state index contributed by atoms with van der Waals surface area (Å²) in [6.07, 6.45) is 3.68. The minimum atomic E-state index is -0.712. The quantitative estimate of drug-likeness (QED) is 0.241. The molecule has 2 amide bonds. The van der Waals surface area contributed by atoms with Gasteiger partial charge in [0, 0.05) is 23.3 Å². The van der Waals surface area contributed by atoms with Gasteiger partial charge in [0.05, 0.1) is 24.4 Å². The Morgan fingerprint density at radius 2 is 1.82 bits per heavy atom. The number of carbonyl (C=O) groups is 1. The van der Waals surface area contributed by atoms with E-state index in [1.807, 2.05) is 0 Å². The van der Waals surface area contributed by atoms with Crippen molar-refractivity contribution in [1.29, 1.82) is 0 Å². The maximum absolute atomic E-state index is 14.8. The number of benzene rings is 3. The second-order valence-corrected chi connectivity index (χ2v) is 9.65. The third kappa shape index (κ3) is 6.45. The van der Waals surface area contributed by atoms with Crippen molar-refractivity contribution in [3.05, 3.63) is 89.9 Å². The Hall–Kier alpha value is -4.75. The molecule has 0 bridgehead atoms. The molecular formula is C30H27F2N5O3. The molecule has 0 radical (unpaired) electrons. The number of halogens is 2. The number of nitrogens with one attached hydrogen (secondary N) is 2. The van der Waals surface area contributed by atoms with Crippen LogP contribution in [0.15, 0.2) is 66.9 Å². The van der Waals surface area contributed by atoms with Crippen molar-refractivity contribution < 1.29 is 23.0 Å². The Balaban J connectivity index is 1.28. The van der Waals surface area contributed by atoms with Crippen molar-refractivity contribution in [3.8, 4) is 17.2 Å². The summed E-state index contributed by atoms with van der Waals surface area (Å²) >= 11 is 0. The predicted octanol–water partition coefficient (Wildman–Crippen LogP) is 7.22. The summed E-state index contributed by atoms with van der Waals surface area (Å²) in [5.41, 5.74) is 1.22. The number of anilines is 2. The summed E-state index contributed by atoms with van der Waals surface area (Å²) in [6, 6.07) is 13.6. The van der Waals surface area contributed by atoms with Crippen LogP contribution in [0.25, 0.3) is 15.7 Å². The highest BCUT2D eigenvalue weighted by molar-refractivity contribution is 5.99. The van der Waals surface area contributed by atoms with Crippen LogP contribution in [-0.2, 0) is 0 Å². The van der Waals surface area contributed by atoms with Gasteiger partial charge < -0.3 is 25.0 Å². The van der Waals surface area contributed by atoms with Crippen molar-refractivity contribution >= 4 is 34.0 Å². The number of likely N-dealkylation sites (tertiary alicyclic amines) is 1. The van der Waals surface area contributed by atoms with Crippen LogP contribution in [-0.4, -0.2) is 42.7 Å². The van der Waals surface area contributed by atoms with E-state index < -0.39 is 17.7 Å². The molecule has 1 aromatic heterocycles. The molecule has 1 aliphatic heterocycles. The molecule has 3 aromatic carbocycles. The maximum Gasteiger partial charge on any atom is 0.323 e. The first-order valence-electron chi connectivity index (χ1n) is 12.8. The van der Waals surface area contributed by atoms with E-state index >= 15 is 0 Å². The zero-order valence-electron chi connectivity index (χ0n) is 21.8. The van der Waals surface area contributed by atoms with Gasteiger partial charge in [0.25, 0.3) is 0 Å². The molecule has 10 heteroatoms. The average molecular weight is 544 g/mol. The topological polar surface area (TPSA) is 80.1 Å². The van der Waals surface area contributed by atoms with Crippen molar-refractivity contribution in [2.24, 2.45) is 5.92 Å². The van der Waals surface area contributed by atoms with Gasteiger partial charge in [-0.15, -0.1) is 0 Å². The van der Waals surface area contributed by atoms with Crippen LogP contribution in [0.5, 0.6) is 17.2 Å². The second-order valence-electron chi connectivity index (χ2n) is 9.65. The zero-order valence-corrected chi connectivity index (χ0v) is 21.8. The first-order valence-corrected chi connectivity index (χ1v) is 12.8. The molecule has 8 nitrogen and oxygen atoms in total. The van der Waals surface area contributed by atoms with Crippen molar-refractivity contribution in [2.75, 3.05) is 37.4 Å². The van der Waals surface area contributed by atoms with Crippen LogP contribution in [0.1, 0.15) is 12.8 Å². The Labute approximate surface area is 230 Å². The lowest BCUT2D eigenvalue weighted by molar-refractivity contribution is 0.160. The second kappa shape index (κ2) is 12.0. The van der Waals surface area contributed by atoms with Gasteiger partial charge >= 0.3 is 6.03 Å². The molecule has 0 unspecified atom stereocenters. The number of nitrogens with zero attached hydrogens (tertiary/aromatic N) is 3. The lowest BCUT2D eigenvalue weighted by Gasteiger charge is -2.28. The minimum absolute atomic E-state index is 0.0618. The number of hydrogen-bond donors (Lipinski definition) is 2. The molecule has 2 heterocycles. The van der Waals surface area contributed by atoms with Crippen molar-refractivity contribution in [1.82, 2.24) is 9.88 Å². The number of carbonyl (C=O) groups excluding carboxylic acids is 1. The molecule has 1 aliphatic rings. The Bertz CT molecular complexity index is 1560. The Morgan fingerprint density at radius 3 is 2.55 bits per heavy atom. The van der Waals surface area contributed by atoms with Crippen LogP contribution >= 0.6 is 0 Å². The van der Waals surface area contributed by atoms with Crippen LogP contribution < -0.4 is 20.1 Å². The van der Waals surface area contributed by atoms with Gasteiger partial charge in [-0.05, 0) is 93.5 Å². The molecular weight excluding hydrogens is 516 g/mol. The highest BCUT2D eigenvalue weighted by atomic mass is 19.1. The third-order valence-corrected chi connectivity index (χ3v) is 6.73. The van der Waals surface area contributed by atoms with Gasteiger partial charge in [0.15, 0.2) is 0 Å². The molecule has 0 atom stereocenters. The van der Waals surface area contributed by atoms with Crippen LogP contribution in [0.3, 0.4) is 0 Å². The molecule has 1 fully saturated rings. The summed E-state index contributed by atoms with van der Waals surface area (Å²) in [4.78, 5) is 22.6. The summed E-state index contributed by atoms with van der Waals surface area (Å²) in [7, 11) is 2.11. The Morgan fingerprint density at radius 1 is 1.05 bits per heavy atom. The summed E-state index contributed by atoms with van der Waals surface area (Å²) in [6.45, 7) is 10.3. The van der Waals surface area contributed by atoms with Crippen LogP contribution in [0.2, 0.25) is 0 Å². The van der Waals surface area contributed by atoms with Crippen molar-refractivity contribution in [2.45, 2.75) is 12.8 Å². The lowest BCUT2D eigenvalue weighted by Crippen LogP contribution is -2.32. The first-order chi connectivity index (χ1) is 19.4. The highest BCUT2D eigenvalue weighted by Crippen LogP contribution is 2.38. The summed E-state index contributed by atoms with van der Waals surface area (Å²) in [5.74, 6) is 0.363. The highest BCUT2D eigenvalue weighted by Gasteiger charge is 2.19. The monoisotopic (exact) mass is 543 g/mol. The van der Waals surface area contributed by atoms with E-state index in [0.717, 1.165) is 32.0 Å². The van der Waals surface area contributed by atoms with E-state index in [9.17, 15) is 13.6 Å². The molecule has 5 rings (SSSR count). The van der Waals surface area contributed by atoms with Gasteiger partial charge in [-0.1, -0.05) is 0 Å². The minimum Gasteiger partial charge on any atom is -0.504 e. The number of fused-ring (bicyclic) bond motifs is 1. The fourth-order valence-electron chi connectivity index (χ4n) is 4.47. The number of amides is 2. The smallest absolute Gasteiger partial charge is 0.323 e. The van der Waals surface area contributed by atoms with E-state index in [0.29, 0.717) is 46.3 Å². The number of urea groups is 1. The summed E-state index contributed by atoms with van der Waals surface area (Å²) < 4.78 is 39.9. The first kappa shape index (κ1) is 26.8. The van der Waals surface area contributed by atoms with Gasteiger partial charge in [-0.3, -0.25) is 4.98 Å². The van der Waals surface area contributed by atoms with Crippen molar-refractivity contribution in [3.63, 3.8) is 0 Å². The summed E-state index contributed by atoms with van der Waals surface area (Å²) in [5, 5.41) is 5.51.